The first-order valence-electron chi connectivity index (χ1n) is 4.70. The normalized spacial score (nSPS) is 10.4. The third-order valence-corrected chi connectivity index (χ3v) is 2.25. The van der Waals surface area contributed by atoms with E-state index < -0.39 is 5.91 Å². The summed E-state index contributed by atoms with van der Waals surface area (Å²) in [6.07, 6.45) is 3.02. The highest BCUT2D eigenvalue weighted by Gasteiger charge is 2.16. The Bertz CT molecular complexity index is 546. The van der Waals surface area contributed by atoms with Gasteiger partial charge in [0, 0.05) is 12.7 Å². The van der Waals surface area contributed by atoms with Crippen LogP contribution >= 0.6 is 0 Å². The van der Waals surface area contributed by atoms with E-state index in [9.17, 15) is 4.79 Å². The van der Waals surface area contributed by atoms with Crippen LogP contribution in [0.1, 0.15) is 16.2 Å². The summed E-state index contributed by atoms with van der Waals surface area (Å²) in [5.74, 6) is -0.522. The van der Waals surface area contributed by atoms with Crippen LogP contribution in [-0.2, 0) is 7.05 Å². The standard InChI is InChI=1S/C10H11N5O/c1-6-3-8(13-5-12-6)7-4-14-15(2)9(7)10(11)16/h3-5H,1-2H3,(H2,11,16). The molecule has 0 saturated heterocycles. The molecule has 2 aromatic heterocycles. The van der Waals surface area contributed by atoms with Gasteiger partial charge >= 0.3 is 0 Å². The maximum atomic E-state index is 11.3. The monoisotopic (exact) mass is 217 g/mol. The fourth-order valence-corrected chi connectivity index (χ4v) is 1.52. The molecule has 0 aliphatic carbocycles. The molecule has 0 atom stereocenters. The first-order valence-corrected chi connectivity index (χ1v) is 4.70. The number of aromatic nitrogens is 4. The number of carbonyl (C=O) groups excluding carboxylic acids is 1. The van der Waals surface area contributed by atoms with Gasteiger partial charge in [0.1, 0.15) is 12.0 Å². The Hall–Kier alpha value is -2.24. The first-order chi connectivity index (χ1) is 7.59. The summed E-state index contributed by atoms with van der Waals surface area (Å²) in [5, 5.41) is 4.00. The van der Waals surface area contributed by atoms with Gasteiger partial charge in [0.25, 0.3) is 5.91 Å². The van der Waals surface area contributed by atoms with Gasteiger partial charge in [0.2, 0.25) is 0 Å². The second-order valence-electron chi connectivity index (χ2n) is 3.44. The van der Waals surface area contributed by atoms with E-state index in [1.807, 2.05) is 6.92 Å². The van der Waals surface area contributed by atoms with Crippen molar-refractivity contribution in [3.63, 3.8) is 0 Å². The van der Waals surface area contributed by atoms with Gasteiger partial charge in [-0.2, -0.15) is 5.10 Å². The van der Waals surface area contributed by atoms with E-state index in [-0.39, 0.29) is 0 Å². The van der Waals surface area contributed by atoms with Crippen molar-refractivity contribution in [2.75, 3.05) is 0 Å². The van der Waals surface area contributed by atoms with Gasteiger partial charge in [-0.15, -0.1) is 0 Å². The van der Waals surface area contributed by atoms with Crippen LogP contribution in [0.5, 0.6) is 0 Å². The van der Waals surface area contributed by atoms with Crippen LogP contribution in [-0.4, -0.2) is 25.7 Å². The molecule has 0 radical (unpaired) electrons. The van der Waals surface area contributed by atoms with E-state index >= 15 is 0 Å². The molecule has 2 rings (SSSR count). The highest BCUT2D eigenvalue weighted by atomic mass is 16.1. The largest absolute Gasteiger partial charge is 0.364 e. The molecular formula is C10H11N5O. The van der Waals surface area contributed by atoms with Gasteiger partial charge in [-0.25, -0.2) is 9.97 Å². The second-order valence-corrected chi connectivity index (χ2v) is 3.44. The van der Waals surface area contributed by atoms with Crippen molar-refractivity contribution >= 4 is 5.91 Å². The van der Waals surface area contributed by atoms with Crippen LogP contribution in [0.4, 0.5) is 0 Å². The molecule has 0 aromatic carbocycles. The van der Waals surface area contributed by atoms with Gasteiger partial charge in [0.05, 0.1) is 17.5 Å². The highest BCUT2D eigenvalue weighted by Crippen LogP contribution is 2.20. The minimum Gasteiger partial charge on any atom is -0.364 e. The Balaban J connectivity index is 2.60. The first kappa shape index (κ1) is 10.3. The maximum absolute atomic E-state index is 11.3. The van der Waals surface area contributed by atoms with Gasteiger partial charge in [-0.3, -0.25) is 9.48 Å². The number of hydrogen-bond acceptors (Lipinski definition) is 4. The lowest BCUT2D eigenvalue weighted by atomic mass is 10.1. The Labute approximate surface area is 92.1 Å². The van der Waals surface area contributed by atoms with Crippen LogP contribution in [0.15, 0.2) is 18.6 Å². The van der Waals surface area contributed by atoms with Crippen LogP contribution in [0.3, 0.4) is 0 Å². The minimum atomic E-state index is -0.522. The van der Waals surface area contributed by atoms with Gasteiger partial charge in [0.15, 0.2) is 0 Å². The number of carbonyl (C=O) groups is 1. The zero-order chi connectivity index (χ0) is 11.7. The summed E-state index contributed by atoms with van der Waals surface area (Å²) in [7, 11) is 1.66. The molecule has 1 amide bonds. The van der Waals surface area contributed by atoms with E-state index in [1.165, 1.54) is 11.0 Å². The van der Waals surface area contributed by atoms with Crippen molar-refractivity contribution < 1.29 is 4.79 Å². The maximum Gasteiger partial charge on any atom is 0.267 e. The van der Waals surface area contributed by atoms with Crippen LogP contribution < -0.4 is 5.73 Å². The van der Waals surface area contributed by atoms with E-state index in [1.54, 1.807) is 19.3 Å². The number of aryl methyl sites for hydroxylation is 2. The predicted octanol–water partition coefficient (Wildman–Crippen LogP) is 0.284. The van der Waals surface area contributed by atoms with Gasteiger partial charge in [-0.05, 0) is 13.0 Å². The molecule has 0 aliphatic rings. The summed E-state index contributed by atoms with van der Waals surface area (Å²) in [6, 6.07) is 1.78. The lowest BCUT2D eigenvalue weighted by Gasteiger charge is -2.01. The lowest BCUT2D eigenvalue weighted by molar-refractivity contribution is 0.0992. The van der Waals surface area contributed by atoms with E-state index in [0.29, 0.717) is 17.0 Å². The zero-order valence-electron chi connectivity index (χ0n) is 9.01. The highest BCUT2D eigenvalue weighted by molar-refractivity contribution is 5.97. The molecule has 82 valence electrons. The molecule has 6 nitrogen and oxygen atoms in total. The molecule has 2 N–H and O–H groups in total. The van der Waals surface area contributed by atoms with Crippen LogP contribution in [0, 0.1) is 6.92 Å². The number of primary amides is 1. The molecule has 0 fully saturated rings. The summed E-state index contributed by atoms with van der Waals surface area (Å²) >= 11 is 0. The Kier molecular flexibility index (Phi) is 2.40. The third kappa shape index (κ3) is 1.65. The fraction of sp³-hybridized carbons (Fsp3) is 0.200. The zero-order valence-corrected chi connectivity index (χ0v) is 9.01. The van der Waals surface area contributed by atoms with Gasteiger partial charge < -0.3 is 5.73 Å². The lowest BCUT2D eigenvalue weighted by Crippen LogP contribution is -2.17. The van der Waals surface area contributed by atoms with Crippen molar-refractivity contribution in [3.8, 4) is 11.3 Å². The molecule has 2 aromatic rings. The topological polar surface area (TPSA) is 86.7 Å². The molecule has 0 bridgehead atoms. The number of hydrogen-bond donors (Lipinski definition) is 1. The minimum absolute atomic E-state index is 0.345. The Morgan fingerprint density at radius 1 is 1.44 bits per heavy atom. The molecule has 0 saturated carbocycles. The predicted molar refractivity (Wildman–Crippen MR) is 57.5 cm³/mol. The van der Waals surface area contributed by atoms with Crippen molar-refractivity contribution in [1.82, 2.24) is 19.7 Å². The molecule has 16 heavy (non-hydrogen) atoms. The SMILES string of the molecule is Cc1cc(-c2cnn(C)c2C(N)=O)ncn1. The summed E-state index contributed by atoms with van der Waals surface area (Å²) in [5.41, 5.74) is 7.73. The van der Waals surface area contributed by atoms with Crippen molar-refractivity contribution in [2.24, 2.45) is 12.8 Å². The van der Waals surface area contributed by atoms with Crippen molar-refractivity contribution in [3.05, 3.63) is 30.0 Å². The third-order valence-electron chi connectivity index (χ3n) is 2.25. The molecule has 0 aliphatic heterocycles. The molecule has 6 heteroatoms. The number of rotatable bonds is 2. The average Bonchev–Trinajstić information content (AvgIpc) is 2.60. The van der Waals surface area contributed by atoms with Crippen molar-refractivity contribution in [2.45, 2.75) is 6.92 Å². The van der Waals surface area contributed by atoms with Crippen molar-refractivity contribution in [1.29, 1.82) is 0 Å². The van der Waals surface area contributed by atoms with Crippen LogP contribution in [0.25, 0.3) is 11.3 Å². The summed E-state index contributed by atoms with van der Waals surface area (Å²) in [6.45, 7) is 1.85. The summed E-state index contributed by atoms with van der Waals surface area (Å²) in [4.78, 5) is 19.4. The quantitative estimate of drug-likeness (QED) is 0.782. The molecule has 2 heterocycles. The second kappa shape index (κ2) is 3.73. The van der Waals surface area contributed by atoms with E-state index in [4.69, 9.17) is 5.73 Å². The molecule has 0 unspecified atom stereocenters. The molecule has 0 spiro atoms. The number of amides is 1. The number of nitrogens with two attached hydrogens (primary N) is 1. The average molecular weight is 217 g/mol. The van der Waals surface area contributed by atoms with Gasteiger partial charge in [-0.1, -0.05) is 0 Å². The molecular weight excluding hydrogens is 206 g/mol. The summed E-state index contributed by atoms with van der Waals surface area (Å²) < 4.78 is 1.44. The Morgan fingerprint density at radius 2 is 2.19 bits per heavy atom. The van der Waals surface area contributed by atoms with E-state index in [2.05, 4.69) is 15.1 Å². The van der Waals surface area contributed by atoms with Crippen LogP contribution in [0.2, 0.25) is 0 Å². The Morgan fingerprint density at radius 3 is 2.81 bits per heavy atom. The fourth-order valence-electron chi connectivity index (χ4n) is 1.52. The van der Waals surface area contributed by atoms with E-state index in [0.717, 1.165) is 5.69 Å². The smallest absolute Gasteiger partial charge is 0.267 e. The number of nitrogens with zero attached hydrogens (tertiary/aromatic N) is 4.